The van der Waals surface area contributed by atoms with Crippen LogP contribution in [-0.2, 0) is 4.79 Å². The minimum Gasteiger partial charge on any atom is -0.497 e. The van der Waals surface area contributed by atoms with Crippen LogP contribution in [-0.4, -0.2) is 20.1 Å². The average Bonchev–Trinajstić information content (AvgIpc) is 3.01. The molecule has 22 heavy (non-hydrogen) atoms. The summed E-state index contributed by atoms with van der Waals surface area (Å²) in [6.07, 6.45) is 7.11. The molecule has 110 valence electrons. The second-order valence-corrected chi connectivity index (χ2v) is 5.45. The third-order valence-corrected chi connectivity index (χ3v) is 4.12. The van der Waals surface area contributed by atoms with Gasteiger partial charge in [-0.05, 0) is 40.9 Å². The van der Waals surface area contributed by atoms with E-state index in [-0.39, 0.29) is 5.91 Å². The van der Waals surface area contributed by atoms with Crippen molar-refractivity contribution in [3.8, 4) is 11.5 Å². The van der Waals surface area contributed by atoms with Gasteiger partial charge in [0.2, 0.25) is 0 Å². The van der Waals surface area contributed by atoms with E-state index in [9.17, 15) is 4.79 Å². The van der Waals surface area contributed by atoms with Gasteiger partial charge < -0.3 is 14.8 Å². The van der Waals surface area contributed by atoms with Crippen molar-refractivity contribution in [2.75, 3.05) is 19.5 Å². The number of methoxy groups -OCH3 is 2. The molecule has 1 amide bonds. The lowest BCUT2D eigenvalue weighted by atomic mass is 10.1. The van der Waals surface area contributed by atoms with Crippen LogP contribution in [0.3, 0.4) is 0 Å². The van der Waals surface area contributed by atoms with Gasteiger partial charge in [-0.3, -0.25) is 4.79 Å². The Hall–Kier alpha value is -2.75. The second kappa shape index (κ2) is 4.63. The SMILES string of the molecule is COc1cc(NC(=O)C2=C3C=C4CC4=C3C=C2)cc(OC)c1. The topological polar surface area (TPSA) is 47.6 Å². The first-order valence-corrected chi connectivity index (χ1v) is 7.11. The summed E-state index contributed by atoms with van der Waals surface area (Å²) in [7, 11) is 3.17. The van der Waals surface area contributed by atoms with Gasteiger partial charge in [-0.25, -0.2) is 0 Å². The maximum atomic E-state index is 12.5. The minimum atomic E-state index is -0.115. The highest BCUT2D eigenvalue weighted by Gasteiger charge is 2.35. The van der Waals surface area contributed by atoms with Gasteiger partial charge >= 0.3 is 0 Å². The molecule has 0 saturated heterocycles. The third kappa shape index (κ3) is 1.96. The Labute approximate surface area is 128 Å². The molecular formula is C18H15NO3. The van der Waals surface area contributed by atoms with Crippen LogP contribution in [0.4, 0.5) is 5.69 Å². The lowest BCUT2D eigenvalue weighted by Crippen LogP contribution is -2.14. The molecule has 4 nitrogen and oxygen atoms in total. The number of anilines is 1. The van der Waals surface area contributed by atoms with Gasteiger partial charge in [0.05, 0.1) is 14.2 Å². The molecule has 4 rings (SSSR count). The van der Waals surface area contributed by atoms with Crippen LogP contribution >= 0.6 is 0 Å². The Morgan fingerprint density at radius 2 is 1.77 bits per heavy atom. The summed E-state index contributed by atoms with van der Waals surface area (Å²) in [5.41, 5.74) is 6.37. The summed E-state index contributed by atoms with van der Waals surface area (Å²) in [5, 5.41) is 2.92. The highest BCUT2D eigenvalue weighted by molar-refractivity contribution is 6.09. The van der Waals surface area contributed by atoms with Crippen molar-refractivity contribution in [1.29, 1.82) is 0 Å². The largest absolute Gasteiger partial charge is 0.497 e. The Bertz CT molecular complexity index is 802. The quantitative estimate of drug-likeness (QED) is 0.927. The van der Waals surface area contributed by atoms with Crippen molar-refractivity contribution in [3.05, 3.63) is 64.3 Å². The number of carbonyl (C=O) groups is 1. The molecule has 0 aliphatic heterocycles. The Morgan fingerprint density at radius 1 is 1.05 bits per heavy atom. The predicted octanol–water partition coefficient (Wildman–Crippen LogP) is 3.15. The summed E-state index contributed by atoms with van der Waals surface area (Å²) < 4.78 is 10.4. The molecule has 1 aromatic rings. The molecule has 0 unspecified atom stereocenters. The fourth-order valence-electron chi connectivity index (χ4n) is 2.91. The Balaban J connectivity index is 1.61. The van der Waals surface area contributed by atoms with Crippen LogP contribution in [0.5, 0.6) is 11.5 Å². The van der Waals surface area contributed by atoms with E-state index >= 15 is 0 Å². The van der Waals surface area contributed by atoms with E-state index in [0.29, 0.717) is 22.8 Å². The molecule has 0 atom stereocenters. The standard InChI is InChI=1S/C18H15NO3/c1-21-12-7-11(8-13(9-12)22-2)19-18(20)15-4-3-14-16-5-10(16)6-17(14)15/h3-4,6-9H,5H2,1-2H3,(H,19,20). The number of carbonyl (C=O) groups excluding carboxylic acids is 1. The van der Waals surface area contributed by atoms with Gasteiger partial charge in [0.25, 0.3) is 5.91 Å². The number of amides is 1. The van der Waals surface area contributed by atoms with E-state index in [2.05, 4.69) is 11.4 Å². The molecule has 0 radical (unpaired) electrons. The molecule has 4 heteroatoms. The van der Waals surface area contributed by atoms with Gasteiger partial charge in [-0.15, -0.1) is 0 Å². The van der Waals surface area contributed by atoms with Gasteiger partial charge in [0, 0.05) is 29.5 Å². The number of benzene rings is 1. The zero-order valence-corrected chi connectivity index (χ0v) is 12.4. The Morgan fingerprint density at radius 3 is 2.45 bits per heavy atom. The summed E-state index contributed by atoms with van der Waals surface area (Å²) in [5.74, 6) is 1.16. The molecule has 1 saturated carbocycles. The van der Waals surface area contributed by atoms with Crippen LogP contribution in [0.25, 0.3) is 0 Å². The number of rotatable bonds is 4. The molecule has 3 aliphatic rings. The van der Waals surface area contributed by atoms with Gasteiger partial charge in [-0.2, -0.15) is 0 Å². The highest BCUT2D eigenvalue weighted by Crippen LogP contribution is 2.51. The van der Waals surface area contributed by atoms with E-state index in [1.165, 1.54) is 16.7 Å². The van der Waals surface area contributed by atoms with E-state index in [1.807, 2.05) is 12.2 Å². The first kappa shape index (κ1) is 13.0. The lowest BCUT2D eigenvalue weighted by molar-refractivity contribution is -0.112. The van der Waals surface area contributed by atoms with Crippen molar-refractivity contribution in [3.63, 3.8) is 0 Å². The molecule has 1 fully saturated rings. The minimum absolute atomic E-state index is 0.115. The molecular weight excluding hydrogens is 278 g/mol. The zero-order chi connectivity index (χ0) is 15.3. The number of fused-ring (bicyclic) bond motifs is 2. The number of hydrogen-bond acceptors (Lipinski definition) is 3. The number of ether oxygens (including phenoxy) is 2. The van der Waals surface area contributed by atoms with Crippen molar-refractivity contribution in [2.45, 2.75) is 6.42 Å². The van der Waals surface area contributed by atoms with Crippen LogP contribution in [0.15, 0.2) is 64.3 Å². The lowest BCUT2D eigenvalue weighted by Gasteiger charge is -2.10. The van der Waals surface area contributed by atoms with E-state index in [0.717, 1.165) is 12.0 Å². The van der Waals surface area contributed by atoms with Crippen molar-refractivity contribution in [1.82, 2.24) is 0 Å². The van der Waals surface area contributed by atoms with Gasteiger partial charge in [0.1, 0.15) is 11.5 Å². The van der Waals surface area contributed by atoms with Gasteiger partial charge in [0.15, 0.2) is 0 Å². The fraction of sp³-hybridized carbons (Fsp3) is 0.167. The van der Waals surface area contributed by atoms with Crippen LogP contribution in [0.1, 0.15) is 6.42 Å². The van der Waals surface area contributed by atoms with E-state index < -0.39 is 0 Å². The molecule has 0 aromatic heterocycles. The smallest absolute Gasteiger partial charge is 0.256 e. The van der Waals surface area contributed by atoms with Crippen molar-refractivity contribution in [2.24, 2.45) is 0 Å². The second-order valence-electron chi connectivity index (χ2n) is 5.45. The van der Waals surface area contributed by atoms with E-state index in [1.54, 1.807) is 32.4 Å². The molecule has 0 spiro atoms. The normalized spacial score (nSPS) is 17.3. The van der Waals surface area contributed by atoms with Gasteiger partial charge in [-0.1, -0.05) is 6.08 Å². The fourth-order valence-corrected chi connectivity index (χ4v) is 2.91. The maximum absolute atomic E-state index is 12.5. The average molecular weight is 293 g/mol. The molecule has 0 bridgehead atoms. The summed E-state index contributed by atoms with van der Waals surface area (Å²) in [4.78, 5) is 12.5. The monoisotopic (exact) mass is 293 g/mol. The molecule has 1 N–H and O–H groups in total. The molecule has 3 aliphatic carbocycles. The van der Waals surface area contributed by atoms with Crippen LogP contribution < -0.4 is 14.8 Å². The van der Waals surface area contributed by atoms with E-state index in [4.69, 9.17) is 9.47 Å². The maximum Gasteiger partial charge on any atom is 0.256 e. The third-order valence-electron chi connectivity index (χ3n) is 4.12. The Kier molecular flexibility index (Phi) is 2.73. The summed E-state index contributed by atoms with van der Waals surface area (Å²) >= 11 is 0. The molecule has 1 aromatic carbocycles. The zero-order valence-electron chi connectivity index (χ0n) is 12.4. The van der Waals surface area contributed by atoms with Crippen molar-refractivity contribution >= 4 is 11.6 Å². The van der Waals surface area contributed by atoms with Crippen LogP contribution in [0, 0.1) is 0 Å². The predicted molar refractivity (Wildman–Crippen MR) is 84.1 cm³/mol. The highest BCUT2D eigenvalue weighted by atomic mass is 16.5. The first-order chi connectivity index (χ1) is 10.7. The summed E-state index contributed by atoms with van der Waals surface area (Å²) in [6, 6.07) is 5.31. The number of hydrogen-bond donors (Lipinski definition) is 1. The van der Waals surface area contributed by atoms with Crippen LogP contribution in [0.2, 0.25) is 0 Å². The first-order valence-electron chi connectivity index (χ1n) is 7.11. The number of nitrogens with one attached hydrogen (secondary N) is 1. The number of allylic oxidation sites excluding steroid dienone is 6. The summed E-state index contributed by atoms with van der Waals surface area (Å²) in [6.45, 7) is 0. The molecule has 0 heterocycles. The van der Waals surface area contributed by atoms with Crippen molar-refractivity contribution < 1.29 is 14.3 Å².